The van der Waals surface area contributed by atoms with Crippen LogP contribution in [0, 0.1) is 0 Å². The normalized spacial score (nSPS) is 12.3. The second kappa shape index (κ2) is 7.62. The van der Waals surface area contributed by atoms with E-state index in [1.165, 1.54) is 4.31 Å². The molecule has 5 heteroatoms. The third-order valence-electron chi connectivity index (χ3n) is 2.86. The fourth-order valence-corrected chi connectivity index (χ4v) is 3.17. The Morgan fingerprint density at radius 2 is 1.84 bits per heavy atom. The summed E-state index contributed by atoms with van der Waals surface area (Å²) in [5, 5.41) is 3.14. The molecule has 1 N–H and O–H groups in total. The predicted molar refractivity (Wildman–Crippen MR) is 79.5 cm³/mol. The summed E-state index contributed by atoms with van der Waals surface area (Å²) in [6.45, 7) is 7.32. The minimum atomic E-state index is -3.20. The maximum Gasteiger partial charge on any atom is 0.215 e. The van der Waals surface area contributed by atoms with Gasteiger partial charge < -0.3 is 5.32 Å². The van der Waals surface area contributed by atoms with Crippen LogP contribution in [0.1, 0.15) is 26.3 Å². The Bertz CT molecular complexity index is 458. The first-order valence-electron chi connectivity index (χ1n) is 6.71. The molecule has 0 heterocycles. The zero-order valence-corrected chi connectivity index (χ0v) is 12.8. The minimum Gasteiger partial charge on any atom is -0.313 e. The third-order valence-corrected chi connectivity index (χ3v) is 4.75. The van der Waals surface area contributed by atoms with Crippen LogP contribution in [0.2, 0.25) is 0 Å². The van der Waals surface area contributed by atoms with Crippen molar-refractivity contribution in [2.75, 3.05) is 18.8 Å². The molecule has 0 saturated heterocycles. The van der Waals surface area contributed by atoms with E-state index < -0.39 is 10.0 Å². The van der Waals surface area contributed by atoms with Crippen molar-refractivity contribution < 1.29 is 8.42 Å². The molecule has 0 spiro atoms. The number of hydrogen-bond donors (Lipinski definition) is 1. The van der Waals surface area contributed by atoms with Crippen LogP contribution in [0.5, 0.6) is 0 Å². The van der Waals surface area contributed by atoms with Crippen LogP contribution in [0.3, 0.4) is 0 Å². The van der Waals surface area contributed by atoms with Crippen molar-refractivity contribution in [3.63, 3.8) is 0 Å². The molecule has 19 heavy (non-hydrogen) atoms. The highest BCUT2D eigenvalue weighted by atomic mass is 32.2. The lowest BCUT2D eigenvalue weighted by Gasteiger charge is -2.21. The summed E-state index contributed by atoms with van der Waals surface area (Å²) in [6, 6.07) is 9.99. The quantitative estimate of drug-likeness (QED) is 0.792. The number of hydrogen-bond acceptors (Lipinski definition) is 3. The summed E-state index contributed by atoms with van der Waals surface area (Å²) >= 11 is 0. The molecule has 0 fully saturated rings. The van der Waals surface area contributed by atoms with E-state index in [4.69, 9.17) is 0 Å². The molecule has 0 bridgehead atoms. The first kappa shape index (κ1) is 16.1. The molecule has 0 aliphatic heterocycles. The van der Waals surface area contributed by atoms with Gasteiger partial charge >= 0.3 is 0 Å². The average Bonchev–Trinajstić information content (AvgIpc) is 2.36. The lowest BCUT2D eigenvalue weighted by atomic mass is 10.2. The highest BCUT2D eigenvalue weighted by Crippen LogP contribution is 2.09. The Hall–Kier alpha value is -0.910. The SMILES string of the molecule is CCN(Cc1ccccc1)S(=O)(=O)CCNC(C)C. The van der Waals surface area contributed by atoms with Gasteiger partial charge in [-0.25, -0.2) is 8.42 Å². The van der Waals surface area contributed by atoms with E-state index in [1.807, 2.05) is 51.1 Å². The summed E-state index contributed by atoms with van der Waals surface area (Å²) in [4.78, 5) is 0. The maximum atomic E-state index is 12.2. The lowest BCUT2D eigenvalue weighted by molar-refractivity contribution is 0.421. The first-order chi connectivity index (χ1) is 8.95. The molecule has 4 nitrogen and oxygen atoms in total. The number of nitrogens with one attached hydrogen (secondary N) is 1. The second-order valence-corrected chi connectivity index (χ2v) is 6.93. The average molecular weight is 284 g/mol. The zero-order valence-electron chi connectivity index (χ0n) is 12.0. The highest BCUT2D eigenvalue weighted by molar-refractivity contribution is 7.89. The van der Waals surface area contributed by atoms with Crippen molar-refractivity contribution in [2.45, 2.75) is 33.4 Å². The summed E-state index contributed by atoms with van der Waals surface area (Å²) in [5.74, 6) is 0.145. The number of nitrogens with zero attached hydrogens (tertiary/aromatic N) is 1. The summed E-state index contributed by atoms with van der Waals surface area (Å²) in [5.41, 5.74) is 1.02. The molecule has 108 valence electrons. The van der Waals surface area contributed by atoms with Gasteiger partial charge in [0.1, 0.15) is 0 Å². The zero-order chi connectivity index (χ0) is 14.3. The Morgan fingerprint density at radius 1 is 1.21 bits per heavy atom. The Labute approximate surface area is 116 Å². The largest absolute Gasteiger partial charge is 0.313 e. The molecule has 0 radical (unpaired) electrons. The highest BCUT2D eigenvalue weighted by Gasteiger charge is 2.20. The van der Waals surface area contributed by atoms with Crippen molar-refractivity contribution in [3.8, 4) is 0 Å². The van der Waals surface area contributed by atoms with Gasteiger partial charge in [0.2, 0.25) is 10.0 Å². The predicted octanol–water partition coefficient (Wildman–Crippen LogP) is 1.84. The number of benzene rings is 1. The smallest absolute Gasteiger partial charge is 0.215 e. The second-order valence-electron chi connectivity index (χ2n) is 4.84. The van der Waals surface area contributed by atoms with E-state index in [1.54, 1.807) is 0 Å². The Balaban J connectivity index is 2.62. The van der Waals surface area contributed by atoms with Crippen LogP contribution in [0.15, 0.2) is 30.3 Å². The van der Waals surface area contributed by atoms with Crippen molar-refractivity contribution in [3.05, 3.63) is 35.9 Å². The molecular weight excluding hydrogens is 260 g/mol. The molecule has 1 aromatic rings. The molecular formula is C14H24N2O2S. The van der Waals surface area contributed by atoms with E-state index in [9.17, 15) is 8.42 Å². The topological polar surface area (TPSA) is 49.4 Å². The van der Waals surface area contributed by atoms with Gasteiger partial charge in [0.15, 0.2) is 0 Å². The van der Waals surface area contributed by atoms with E-state index in [-0.39, 0.29) is 5.75 Å². The van der Waals surface area contributed by atoms with Crippen LogP contribution in [0.25, 0.3) is 0 Å². The van der Waals surface area contributed by atoms with E-state index >= 15 is 0 Å². The van der Waals surface area contributed by atoms with Crippen molar-refractivity contribution >= 4 is 10.0 Å². The molecule has 1 rings (SSSR count). The fourth-order valence-electron chi connectivity index (χ4n) is 1.80. The molecule has 0 aliphatic carbocycles. The summed E-state index contributed by atoms with van der Waals surface area (Å²) in [7, 11) is -3.20. The van der Waals surface area contributed by atoms with Gasteiger partial charge in [-0.05, 0) is 5.56 Å². The molecule has 0 unspecified atom stereocenters. The number of rotatable bonds is 8. The van der Waals surface area contributed by atoms with E-state index in [2.05, 4.69) is 5.32 Å². The first-order valence-corrected chi connectivity index (χ1v) is 8.31. The van der Waals surface area contributed by atoms with Gasteiger partial charge in [-0.3, -0.25) is 0 Å². The van der Waals surface area contributed by atoms with Gasteiger partial charge in [-0.15, -0.1) is 0 Å². The molecule has 0 aromatic heterocycles. The number of sulfonamides is 1. The molecule has 0 amide bonds. The standard InChI is InChI=1S/C14H24N2O2S/c1-4-16(12-14-8-6-5-7-9-14)19(17,18)11-10-15-13(2)3/h5-9,13,15H,4,10-12H2,1-3H3. The van der Waals surface area contributed by atoms with Gasteiger partial charge in [-0.1, -0.05) is 51.1 Å². The van der Waals surface area contributed by atoms with Gasteiger partial charge in [0, 0.05) is 25.7 Å². The van der Waals surface area contributed by atoms with Crippen LogP contribution >= 0.6 is 0 Å². The van der Waals surface area contributed by atoms with Crippen LogP contribution in [-0.2, 0) is 16.6 Å². The van der Waals surface area contributed by atoms with Crippen molar-refractivity contribution in [2.24, 2.45) is 0 Å². The fraction of sp³-hybridized carbons (Fsp3) is 0.571. The molecule has 1 aromatic carbocycles. The lowest BCUT2D eigenvalue weighted by Crippen LogP contribution is -2.37. The van der Waals surface area contributed by atoms with Crippen LogP contribution in [-0.4, -0.2) is 37.6 Å². The van der Waals surface area contributed by atoms with E-state index in [0.717, 1.165) is 5.56 Å². The summed E-state index contributed by atoms with van der Waals surface area (Å²) < 4.78 is 26.0. The Morgan fingerprint density at radius 3 is 2.37 bits per heavy atom. The van der Waals surface area contributed by atoms with Crippen molar-refractivity contribution in [1.29, 1.82) is 0 Å². The maximum absolute atomic E-state index is 12.2. The summed E-state index contributed by atoms with van der Waals surface area (Å²) in [6.07, 6.45) is 0. The molecule has 0 atom stereocenters. The molecule has 0 aliphatic rings. The van der Waals surface area contributed by atoms with Crippen molar-refractivity contribution in [1.82, 2.24) is 9.62 Å². The Kier molecular flexibility index (Phi) is 6.48. The van der Waals surface area contributed by atoms with Crippen LogP contribution in [0.4, 0.5) is 0 Å². The van der Waals surface area contributed by atoms with Gasteiger partial charge in [0.05, 0.1) is 5.75 Å². The monoisotopic (exact) mass is 284 g/mol. The van der Waals surface area contributed by atoms with E-state index in [0.29, 0.717) is 25.7 Å². The third kappa shape index (κ3) is 5.72. The van der Waals surface area contributed by atoms with Crippen LogP contribution < -0.4 is 5.32 Å². The molecule has 0 saturated carbocycles. The van der Waals surface area contributed by atoms with Gasteiger partial charge in [0.25, 0.3) is 0 Å². The minimum absolute atomic E-state index is 0.145. The van der Waals surface area contributed by atoms with Gasteiger partial charge in [-0.2, -0.15) is 4.31 Å².